The van der Waals surface area contributed by atoms with Gasteiger partial charge >= 0.3 is 0 Å². The first-order chi connectivity index (χ1) is 7.52. The van der Waals surface area contributed by atoms with Crippen LogP contribution in [0.5, 0.6) is 0 Å². The number of carbonyl (C=O) groups excluding carboxylic acids is 1. The molecule has 0 saturated carbocycles. The molecule has 1 amide bonds. The van der Waals surface area contributed by atoms with Crippen molar-refractivity contribution in [3.8, 4) is 6.07 Å². The van der Waals surface area contributed by atoms with Crippen molar-refractivity contribution in [2.24, 2.45) is 5.92 Å². The Bertz CT molecular complexity index is 253. The van der Waals surface area contributed by atoms with E-state index in [1.54, 1.807) is 23.7 Å². The molecule has 2 unspecified atom stereocenters. The van der Waals surface area contributed by atoms with Gasteiger partial charge in [0.05, 0.1) is 17.7 Å². The van der Waals surface area contributed by atoms with Gasteiger partial charge in [-0.25, -0.2) is 0 Å². The average molecular weight is 244 g/mol. The van der Waals surface area contributed by atoms with Gasteiger partial charge in [0.15, 0.2) is 0 Å². The van der Waals surface area contributed by atoms with Crippen LogP contribution in [-0.2, 0) is 4.79 Å². The molecule has 0 aliphatic carbocycles. The number of nitriles is 1. The fourth-order valence-corrected chi connectivity index (χ4v) is 2.12. The number of rotatable bonds is 7. The van der Waals surface area contributed by atoms with E-state index in [1.807, 2.05) is 19.9 Å². The highest BCUT2D eigenvalue weighted by Crippen LogP contribution is 2.16. The monoisotopic (exact) mass is 244 g/mol. The lowest BCUT2D eigenvalue weighted by Crippen LogP contribution is -2.34. The van der Waals surface area contributed by atoms with Crippen LogP contribution in [0.3, 0.4) is 0 Å². The second-order valence-electron chi connectivity index (χ2n) is 3.93. The number of aliphatic hydroxyl groups excluding tert-OH is 1. The molecule has 1 N–H and O–H groups in total. The van der Waals surface area contributed by atoms with Gasteiger partial charge in [0.25, 0.3) is 0 Å². The quantitative estimate of drug-likeness (QED) is 0.728. The molecule has 0 spiro atoms. The molecule has 2 atom stereocenters. The van der Waals surface area contributed by atoms with Crippen molar-refractivity contribution in [3.05, 3.63) is 0 Å². The Morgan fingerprint density at radius 3 is 2.69 bits per heavy atom. The highest BCUT2D eigenvalue weighted by atomic mass is 32.2. The molecule has 0 aromatic carbocycles. The third-order valence-corrected chi connectivity index (χ3v) is 3.69. The van der Waals surface area contributed by atoms with Crippen LogP contribution in [0.4, 0.5) is 0 Å². The Morgan fingerprint density at radius 1 is 1.56 bits per heavy atom. The van der Waals surface area contributed by atoms with Crippen LogP contribution in [0.2, 0.25) is 0 Å². The number of hydrogen-bond donors (Lipinski definition) is 1. The minimum Gasteiger partial charge on any atom is -0.396 e. The van der Waals surface area contributed by atoms with Gasteiger partial charge in [-0.1, -0.05) is 6.92 Å². The lowest BCUT2D eigenvalue weighted by Gasteiger charge is -2.20. The van der Waals surface area contributed by atoms with Crippen LogP contribution in [0, 0.1) is 17.2 Å². The van der Waals surface area contributed by atoms with Crippen LogP contribution in [0.15, 0.2) is 0 Å². The molecule has 0 bridgehead atoms. The van der Waals surface area contributed by atoms with Crippen LogP contribution in [-0.4, -0.2) is 47.1 Å². The van der Waals surface area contributed by atoms with Crippen molar-refractivity contribution < 1.29 is 9.90 Å². The fraction of sp³-hybridized carbons (Fsp3) is 0.818. The molecule has 0 fully saturated rings. The molecule has 0 saturated heterocycles. The number of thioether (sulfide) groups is 1. The van der Waals surface area contributed by atoms with Crippen molar-refractivity contribution in [2.75, 3.05) is 26.0 Å². The standard InChI is InChI=1S/C11H20N2O2S/c1-9(7-14)8-16-10(2)11(15)13(3)6-4-5-12/h9-10,14H,4,6-8H2,1-3H3. The Labute approximate surface area is 102 Å². The molecule has 0 heterocycles. The number of carbonyl (C=O) groups is 1. The maximum absolute atomic E-state index is 11.8. The molecule has 0 rings (SSSR count). The van der Waals surface area contributed by atoms with E-state index in [9.17, 15) is 4.79 Å². The molecule has 0 radical (unpaired) electrons. The van der Waals surface area contributed by atoms with E-state index in [0.29, 0.717) is 13.0 Å². The Morgan fingerprint density at radius 2 is 2.19 bits per heavy atom. The summed E-state index contributed by atoms with van der Waals surface area (Å²) in [7, 11) is 1.71. The van der Waals surface area contributed by atoms with Gasteiger partial charge in [-0.3, -0.25) is 4.79 Å². The molecule has 5 heteroatoms. The van der Waals surface area contributed by atoms with Gasteiger partial charge in [0.1, 0.15) is 0 Å². The molecular formula is C11H20N2O2S. The number of aliphatic hydroxyl groups is 1. The van der Waals surface area contributed by atoms with E-state index in [-0.39, 0.29) is 23.7 Å². The van der Waals surface area contributed by atoms with Gasteiger partial charge < -0.3 is 10.0 Å². The predicted octanol–water partition coefficient (Wildman–Crippen LogP) is 1.11. The summed E-state index contributed by atoms with van der Waals surface area (Å²) in [6.45, 7) is 4.44. The average Bonchev–Trinajstić information content (AvgIpc) is 2.31. The van der Waals surface area contributed by atoms with Crippen molar-refractivity contribution in [2.45, 2.75) is 25.5 Å². The highest BCUT2D eigenvalue weighted by Gasteiger charge is 2.18. The Balaban J connectivity index is 3.93. The minimum absolute atomic E-state index is 0.0467. The Hall–Kier alpha value is -0.730. The van der Waals surface area contributed by atoms with E-state index in [2.05, 4.69) is 0 Å². The third-order valence-electron chi connectivity index (χ3n) is 2.23. The van der Waals surface area contributed by atoms with Crippen LogP contribution >= 0.6 is 11.8 Å². The zero-order chi connectivity index (χ0) is 12.6. The van der Waals surface area contributed by atoms with E-state index < -0.39 is 0 Å². The number of amides is 1. The van der Waals surface area contributed by atoms with E-state index in [0.717, 1.165) is 5.75 Å². The molecule has 16 heavy (non-hydrogen) atoms. The van der Waals surface area contributed by atoms with Gasteiger partial charge in [0.2, 0.25) is 5.91 Å². The van der Waals surface area contributed by atoms with Gasteiger partial charge in [0, 0.05) is 20.2 Å². The third kappa shape index (κ3) is 5.99. The summed E-state index contributed by atoms with van der Waals surface area (Å²) in [5.74, 6) is 1.03. The SMILES string of the molecule is CC(CO)CSC(C)C(=O)N(C)CCC#N. The fourth-order valence-electron chi connectivity index (χ4n) is 1.07. The van der Waals surface area contributed by atoms with E-state index in [1.165, 1.54) is 0 Å². The molecule has 0 aromatic rings. The summed E-state index contributed by atoms with van der Waals surface area (Å²) in [6, 6.07) is 2.02. The van der Waals surface area contributed by atoms with Crippen LogP contribution in [0.25, 0.3) is 0 Å². The zero-order valence-electron chi connectivity index (χ0n) is 10.1. The summed E-state index contributed by atoms with van der Waals surface area (Å²) in [5, 5.41) is 17.2. The first-order valence-electron chi connectivity index (χ1n) is 5.37. The van der Waals surface area contributed by atoms with Crippen LogP contribution in [0.1, 0.15) is 20.3 Å². The largest absolute Gasteiger partial charge is 0.396 e. The normalized spacial score (nSPS) is 13.9. The molecule has 92 valence electrons. The maximum Gasteiger partial charge on any atom is 0.235 e. The zero-order valence-corrected chi connectivity index (χ0v) is 11.0. The molecule has 0 aliphatic heterocycles. The smallest absolute Gasteiger partial charge is 0.235 e. The minimum atomic E-state index is -0.113. The summed E-state index contributed by atoms with van der Waals surface area (Å²) in [6.07, 6.45) is 0.368. The topological polar surface area (TPSA) is 64.3 Å². The molecule has 0 aromatic heterocycles. The van der Waals surface area contributed by atoms with Crippen molar-refractivity contribution in [1.82, 2.24) is 4.90 Å². The van der Waals surface area contributed by atoms with E-state index in [4.69, 9.17) is 10.4 Å². The molecule has 0 aliphatic rings. The second kappa shape index (κ2) is 8.43. The maximum atomic E-state index is 11.8. The van der Waals surface area contributed by atoms with Crippen molar-refractivity contribution >= 4 is 17.7 Å². The second-order valence-corrected chi connectivity index (χ2v) is 5.30. The lowest BCUT2D eigenvalue weighted by atomic mass is 10.2. The lowest BCUT2D eigenvalue weighted by molar-refractivity contribution is -0.128. The number of nitrogens with zero attached hydrogens (tertiary/aromatic N) is 2. The highest BCUT2D eigenvalue weighted by molar-refractivity contribution is 8.00. The summed E-state index contributed by atoms with van der Waals surface area (Å²) in [4.78, 5) is 13.4. The predicted molar refractivity (Wildman–Crippen MR) is 66.0 cm³/mol. The van der Waals surface area contributed by atoms with Gasteiger partial charge in [-0.05, 0) is 18.6 Å². The summed E-state index contributed by atoms with van der Waals surface area (Å²) < 4.78 is 0. The first kappa shape index (κ1) is 15.3. The van der Waals surface area contributed by atoms with Gasteiger partial charge in [-0.15, -0.1) is 11.8 Å². The first-order valence-corrected chi connectivity index (χ1v) is 6.42. The van der Waals surface area contributed by atoms with Crippen molar-refractivity contribution in [3.63, 3.8) is 0 Å². The summed E-state index contributed by atoms with van der Waals surface area (Å²) in [5.41, 5.74) is 0. The number of hydrogen-bond acceptors (Lipinski definition) is 4. The van der Waals surface area contributed by atoms with Crippen LogP contribution < -0.4 is 0 Å². The Kier molecular flexibility index (Phi) is 8.04. The van der Waals surface area contributed by atoms with Crippen molar-refractivity contribution in [1.29, 1.82) is 5.26 Å². The molecular weight excluding hydrogens is 224 g/mol. The molecule has 4 nitrogen and oxygen atoms in total. The van der Waals surface area contributed by atoms with Gasteiger partial charge in [-0.2, -0.15) is 5.26 Å². The van der Waals surface area contributed by atoms with E-state index >= 15 is 0 Å². The summed E-state index contributed by atoms with van der Waals surface area (Å²) >= 11 is 1.54.